The first kappa shape index (κ1) is 11.7. The molecule has 2 aromatic heterocycles. The molecule has 17 heavy (non-hydrogen) atoms. The van der Waals surface area contributed by atoms with Gasteiger partial charge in [-0.25, -0.2) is 14.3 Å². The number of nitrogens with zero attached hydrogens (tertiary/aromatic N) is 3. The second-order valence-corrected chi connectivity index (χ2v) is 3.78. The van der Waals surface area contributed by atoms with Gasteiger partial charge in [0.25, 0.3) is 0 Å². The highest BCUT2D eigenvalue weighted by molar-refractivity contribution is 6.29. The van der Waals surface area contributed by atoms with E-state index >= 15 is 0 Å². The maximum absolute atomic E-state index is 11.2. The zero-order chi connectivity index (χ0) is 12.4. The van der Waals surface area contributed by atoms with Crippen molar-refractivity contribution in [3.05, 3.63) is 23.0 Å². The monoisotopic (exact) mass is 254 g/mol. The predicted octanol–water partition coefficient (Wildman–Crippen LogP) is 2.26. The summed E-state index contributed by atoms with van der Waals surface area (Å²) in [6, 6.07) is 1.71. The van der Waals surface area contributed by atoms with Crippen LogP contribution < -0.4 is 5.32 Å². The molecule has 2 rings (SSSR count). The van der Waals surface area contributed by atoms with E-state index in [1.807, 2.05) is 6.92 Å². The van der Waals surface area contributed by atoms with Crippen molar-refractivity contribution in [2.24, 2.45) is 0 Å². The van der Waals surface area contributed by atoms with E-state index in [1.54, 1.807) is 19.2 Å². The van der Waals surface area contributed by atoms with Crippen LogP contribution >= 0.6 is 11.6 Å². The first-order valence-corrected chi connectivity index (χ1v) is 5.44. The fourth-order valence-electron chi connectivity index (χ4n) is 1.42. The molecule has 2 heterocycles. The van der Waals surface area contributed by atoms with Crippen LogP contribution in [0.5, 0.6) is 0 Å². The van der Waals surface area contributed by atoms with E-state index < -0.39 is 6.09 Å². The lowest BCUT2D eigenvalue weighted by molar-refractivity contribution is 0.168. The number of hydrogen-bond donors (Lipinski definition) is 1. The molecule has 1 amide bonds. The number of nitrogens with one attached hydrogen (secondary N) is 1. The largest absolute Gasteiger partial charge is 0.450 e. The van der Waals surface area contributed by atoms with Crippen molar-refractivity contribution in [3.63, 3.8) is 0 Å². The average molecular weight is 255 g/mol. The number of fused-ring (bicyclic) bond motifs is 1. The number of aryl methyl sites for hydroxylation is 1. The quantitative estimate of drug-likeness (QED) is 0.893. The summed E-state index contributed by atoms with van der Waals surface area (Å²) >= 11 is 5.82. The molecule has 1 N–H and O–H groups in total. The Hall–Kier alpha value is -1.82. The number of halogens is 1. The topological polar surface area (TPSA) is 68.5 Å². The van der Waals surface area contributed by atoms with Crippen molar-refractivity contribution in [2.75, 3.05) is 11.9 Å². The molecule has 0 atom stereocenters. The average Bonchev–Trinajstić information content (AvgIpc) is 2.60. The van der Waals surface area contributed by atoms with Crippen LogP contribution in [0.4, 0.5) is 10.6 Å². The van der Waals surface area contributed by atoms with E-state index in [-0.39, 0.29) is 0 Å². The van der Waals surface area contributed by atoms with Gasteiger partial charge in [-0.3, -0.25) is 5.32 Å². The molecule has 2 aromatic rings. The van der Waals surface area contributed by atoms with Gasteiger partial charge in [-0.15, -0.1) is 0 Å². The van der Waals surface area contributed by atoms with Gasteiger partial charge in [-0.1, -0.05) is 11.6 Å². The number of carbonyl (C=O) groups excluding carboxylic acids is 1. The van der Waals surface area contributed by atoms with E-state index in [1.165, 1.54) is 4.52 Å². The van der Waals surface area contributed by atoms with Gasteiger partial charge in [-0.2, -0.15) is 5.10 Å². The number of anilines is 1. The predicted molar refractivity (Wildman–Crippen MR) is 63.4 cm³/mol. The van der Waals surface area contributed by atoms with Crippen LogP contribution in [-0.2, 0) is 4.74 Å². The van der Waals surface area contributed by atoms with E-state index in [4.69, 9.17) is 16.3 Å². The Kier molecular flexibility index (Phi) is 3.14. The second-order valence-electron chi connectivity index (χ2n) is 3.39. The molecule has 0 saturated carbocycles. The van der Waals surface area contributed by atoms with Crippen LogP contribution in [0.25, 0.3) is 5.65 Å². The lowest BCUT2D eigenvalue weighted by atomic mass is 10.3. The Bertz CT molecular complexity index is 567. The van der Waals surface area contributed by atoms with Gasteiger partial charge >= 0.3 is 6.09 Å². The van der Waals surface area contributed by atoms with Crippen molar-refractivity contribution < 1.29 is 9.53 Å². The first-order valence-electron chi connectivity index (χ1n) is 5.06. The van der Waals surface area contributed by atoms with Gasteiger partial charge in [-0.05, 0) is 25.5 Å². The van der Waals surface area contributed by atoms with E-state index in [9.17, 15) is 4.79 Å². The summed E-state index contributed by atoms with van der Waals surface area (Å²) in [4.78, 5) is 15.4. The number of imidazole rings is 1. The summed E-state index contributed by atoms with van der Waals surface area (Å²) in [7, 11) is 0. The van der Waals surface area contributed by atoms with Crippen molar-refractivity contribution in [2.45, 2.75) is 13.8 Å². The van der Waals surface area contributed by atoms with Gasteiger partial charge in [0.15, 0.2) is 11.5 Å². The molecule has 0 unspecified atom stereocenters. The Labute approximate surface area is 103 Å². The normalized spacial score (nSPS) is 10.5. The molecule has 0 bridgehead atoms. The minimum absolute atomic E-state index is 0.308. The van der Waals surface area contributed by atoms with Crippen LogP contribution in [0.1, 0.15) is 12.5 Å². The van der Waals surface area contributed by atoms with E-state index in [0.717, 1.165) is 5.56 Å². The molecule has 7 heteroatoms. The third-order valence-electron chi connectivity index (χ3n) is 2.09. The fraction of sp³-hybridized carbons (Fsp3) is 0.300. The van der Waals surface area contributed by atoms with Gasteiger partial charge < -0.3 is 4.74 Å². The fourth-order valence-corrected chi connectivity index (χ4v) is 1.67. The second kappa shape index (κ2) is 4.58. The minimum Gasteiger partial charge on any atom is -0.450 e. The smallest absolute Gasteiger partial charge is 0.412 e. The van der Waals surface area contributed by atoms with Gasteiger partial charge in [0.1, 0.15) is 5.15 Å². The molecule has 6 nitrogen and oxygen atoms in total. The van der Waals surface area contributed by atoms with Gasteiger partial charge in [0, 0.05) is 0 Å². The molecule has 0 aromatic carbocycles. The van der Waals surface area contributed by atoms with E-state index in [2.05, 4.69) is 15.4 Å². The summed E-state index contributed by atoms with van der Waals surface area (Å²) in [5.74, 6) is 0.376. The van der Waals surface area contributed by atoms with Crippen molar-refractivity contribution in [3.8, 4) is 0 Å². The molecule has 0 radical (unpaired) electrons. The van der Waals surface area contributed by atoms with Crippen LogP contribution in [0.2, 0.25) is 5.15 Å². The summed E-state index contributed by atoms with van der Waals surface area (Å²) in [6.07, 6.45) is 1.03. The highest BCUT2D eigenvalue weighted by Gasteiger charge is 2.09. The molecular weight excluding hydrogens is 244 g/mol. The maximum Gasteiger partial charge on any atom is 0.412 e. The van der Waals surface area contributed by atoms with Crippen LogP contribution in [0, 0.1) is 6.92 Å². The number of ether oxygens (including phenoxy) is 1. The summed E-state index contributed by atoms with van der Waals surface area (Å²) in [5.41, 5.74) is 1.52. The number of carbonyl (C=O) groups is 1. The molecule has 0 saturated heterocycles. The SMILES string of the molecule is CCOC(=O)Nc1cn2nc(Cl)cc(C)c2n1. The zero-order valence-electron chi connectivity index (χ0n) is 9.40. The van der Waals surface area contributed by atoms with Crippen LogP contribution in [0.15, 0.2) is 12.3 Å². The molecule has 0 aliphatic carbocycles. The number of hydrogen-bond acceptors (Lipinski definition) is 4. The molecule has 0 aliphatic rings. The highest BCUT2D eigenvalue weighted by atomic mass is 35.5. The minimum atomic E-state index is -0.542. The number of aromatic nitrogens is 3. The Balaban J connectivity index is 2.32. The summed E-state index contributed by atoms with van der Waals surface area (Å²) in [6.45, 7) is 3.90. The molecular formula is C10H11ClN4O2. The molecule has 0 aliphatic heterocycles. The highest BCUT2D eigenvalue weighted by Crippen LogP contribution is 2.15. The Morgan fingerprint density at radius 2 is 2.41 bits per heavy atom. The first-order chi connectivity index (χ1) is 8.10. The number of amides is 1. The van der Waals surface area contributed by atoms with E-state index in [0.29, 0.717) is 23.2 Å². The van der Waals surface area contributed by atoms with Crippen molar-refractivity contribution >= 4 is 29.2 Å². The Morgan fingerprint density at radius 3 is 3.12 bits per heavy atom. The third-order valence-corrected chi connectivity index (χ3v) is 2.27. The lowest BCUT2D eigenvalue weighted by Crippen LogP contribution is -2.13. The molecule has 0 spiro atoms. The maximum atomic E-state index is 11.2. The summed E-state index contributed by atoms with van der Waals surface area (Å²) < 4.78 is 6.26. The van der Waals surface area contributed by atoms with Crippen LogP contribution in [-0.4, -0.2) is 27.3 Å². The standard InChI is InChI=1S/C10H11ClN4O2/c1-3-17-10(16)13-8-5-15-9(12-8)6(2)4-7(11)14-15/h4-5H,3H2,1-2H3,(H,13,16). The number of rotatable bonds is 2. The van der Waals surface area contributed by atoms with Crippen molar-refractivity contribution in [1.29, 1.82) is 0 Å². The third kappa shape index (κ3) is 2.47. The van der Waals surface area contributed by atoms with Crippen LogP contribution in [0.3, 0.4) is 0 Å². The zero-order valence-corrected chi connectivity index (χ0v) is 10.2. The van der Waals surface area contributed by atoms with Gasteiger partial charge in [0.2, 0.25) is 0 Å². The van der Waals surface area contributed by atoms with Crippen molar-refractivity contribution in [1.82, 2.24) is 14.6 Å². The van der Waals surface area contributed by atoms with Gasteiger partial charge in [0.05, 0.1) is 12.8 Å². The molecule has 90 valence electrons. The Morgan fingerprint density at radius 1 is 1.65 bits per heavy atom. The summed E-state index contributed by atoms with van der Waals surface area (Å²) in [5, 5.41) is 6.91. The lowest BCUT2D eigenvalue weighted by Gasteiger charge is -1.99. The molecule has 0 fully saturated rings.